The van der Waals surface area contributed by atoms with E-state index >= 15 is 0 Å². The van der Waals surface area contributed by atoms with E-state index in [1.165, 1.54) is 10.8 Å². The Morgan fingerprint density at radius 2 is 1.80 bits per heavy atom. The third kappa shape index (κ3) is 1.82. The molecule has 0 aliphatic rings. The summed E-state index contributed by atoms with van der Waals surface area (Å²) in [5, 5.41) is 1.24. The SMILES string of the molecule is C=C([SiH3])c1ccc(Br)cc1. The van der Waals surface area contributed by atoms with Gasteiger partial charge in [0.2, 0.25) is 0 Å². The highest BCUT2D eigenvalue weighted by atomic mass is 79.9. The maximum atomic E-state index is 3.90. The lowest BCUT2D eigenvalue weighted by Crippen LogP contribution is -1.78. The van der Waals surface area contributed by atoms with Crippen LogP contribution in [0.5, 0.6) is 0 Å². The minimum absolute atomic E-state index is 1.04. The second-order valence-electron chi connectivity index (χ2n) is 2.29. The minimum Gasteiger partial charge on any atom is -0.100 e. The average Bonchev–Trinajstić information content (AvgIpc) is 1.88. The minimum atomic E-state index is 1.04. The molecule has 0 bridgehead atoms. The van der Waals surface area contributed by atoms with Gasteiger partial charge >= 0.3 is 0 Å². The van der Waals surface area contributed by atoms with Crippen LogP contribution in [0.1, 0.15) is 5.56 Å². The maximum absolute atomic E-state index is 3.90. The van der Waals surface area contributed by atoms with Crippen molar-refractivity contribution in [2.24, 2.45) is 0 Å². The van der Waals surface area contributed by atoms with Gasteiger partial charge in [0.05, 0.1) is 0 Å². The molecule has 0 nitrogen and oxygen atoms in total. The van der Waals surface area contributed by atoms with Crippen molar-refractivity contribution in [2.75, 3.05) is 0 Å². The summed E-state index contributed by atoms with van der Waals surface area (Å²) in [5.74, 6) is 0. The van der Waals surface area contributed by atoms with Crippen LogP contribution in [0.25, 0.3) is 5.20 Å². The van der Waals surface area contributed by atoms with E-state index in [2.05, 4.69) is 34.6 Å². The Balaban J connectivity index is 3.00. The van der Waals surface area contributed by atoms with Crippen LogP contribution >= 0.6 is 15.9 Å². The highest BCUT2D eigenvalue weighted by Gasteiger charge is 1.90. The van der Waals surface area contributed by atoms with Gasteiger partial charge in [0.1, 0.15) is 0 Å². The quantitative estimate of drug-likeness (QED) is 0.624. The fourth-order valence-corrected chi connectivity index (χ4v) is 1.33. The first-order valence-electron chi connectivity index (χ1n) is 3.11. The summed E-state index contributed by atoms with van der Waals surface area (Å²) >= 11 is 3.38. The van der Waals surface area contributed by atoms with Crippen LogP contribution < -0.4 is 0 Å². The molecule has 0 fully saturated rings. The van der Waals surface area contributed by atoms with Gasteiger partial charge in [-0.1, -0.05) is 33.3 Å². The molecule has 0 amide bonds. The molecular formula is C8H9BrSi. The molecule has 0 spiro atoms. The lowest BCUT2D eigenvalue weighted by atomic mass is 10.2. The molecule has 10 heavy (non-hydrogen) atoms. The van der Waals surface area contributed by atoms with Crippen molar-refractivity contribution in [3.63, 3.8) is 0 Å². The number of rotatable bonds is 1. The van der Waals surface area contributed by atoms with Gasteiger partial charge in [-0.25, -0.2) is 0 Å². The molecule has 2 heteroatoms. The van der Waals surface area contributed by atoms with Crippen molar-refractivity contribution in [3.05, 3.63) is 40.9 Å². The van der Waals surface area contributed by atoms with Crippen LogP contribution in [0.4, 0.5) is 0 Å². The van der Waals surface area contributed by atoms with Crippen molar-refractivity contribution >= 4 is 31.4 Å². The number of hydrogen-bond donors (Lipinski definition) is 0. The van der Waals surface area contributed by atoms with Crippen molar-refractivity contribution < 1.29 is 0 Å². The van der Waals surface area contributed by atoms with Gasteiger partial charge in [-0.3, -0.25) is 0 Å². The second-order valence-corrected chi connectivity index (χ2v) is 4.41. The van der Waals surface area contributed by atoms with E-state index in [-0.39, 0.29) is 0 Å². The van der Waals surface area contributed by atoms with Crippen molar-refractivity contribution in [3.8, 4) is 0 Å². The largest absolute Gasteiger partial charge is 0.100 e. The average molecular weight is 213 g/mol. The molecule has 0 saturated carbocycles. The van der Waals surface area contributed by atoms with E-state index in [1.54, 1.807) is 0 Å². The predicted molar refractivity (Wildman–Crippen MR) is 53.1 cm³/mol. The topological polar surface area (TPSA) is 0 Å². The summed E-state index contributed by atoms with van der Waals surface area (Å²) < 4.78 is 1.12. The molecule has 1 aromatic carbocycles. The highest BCUT2D eigenvalue weighted by molar-refractivity contribution is 9.10. The van der Waals surface area contributed by atoms with Crippen LogP contribution in [0.15, 0.2) is 35.3 Å². The Hall–Kier alpha value is -0.343. The Bertz CT molecular complexity index is 238. The van der Waals surface area contributed by atoms with Crippen LogP contribution in [0.2, 0.25) is 0 Å². The Morgan fingerprint density at radius 1 is 1.30 bits per heavy atom. The number of halogens is 1. The standard InChI is InChI=1S/C8H9BrSi/c1-6(10)7-2-4-8(9)5-3-7/h2-5H,1H2,10H3. The van der Waals surface area contributed by atoms with E-state index in [4.69, 9.17) is 0 Å². The van der Waals surface area contributed by atoms with Crippen molar-refractivity contribution in [1.82, 2.24) is 0 Å². The zero-order valence-corrected chi connectivity index (χ0v) is 9.48. The molecule has 1 rings (SSSR count). The molecule has 0 aromatic heterocycles. The molecule has 0 aliphatic carbocycles. The first kappa shape index (κ1) is 7.76. The highest BCUT2D eigenvalue weighted by Crippen LogP contribution is 2.13. The summed E-state index contributed by atoms with van der Waals surface area (Å²) in [6, 6.07) is 8.25. The smallest absolute Gasteiger partial charge is 0.0385 e. The predicted octanol–water partition coefficient (Wildman–Crippen LogP) is 1.79. The number of hydrogen-bond acceptors (Lipinski definition) is 0. The van der Waals surface area contributed by atoms with Crippen LogP contribution in [0, 0.1) is 0 Å². The molecule has 0 N–H and O–H groups in total. The molecular weight excluding hydrogens is 204 g/mol. The summed E-state index contributed by atoms with van der Waals surface area (Å²) in [5.41, 5.74) is 1.26. The molecule has 52 valence electrons. The van der Waals surface area contributed by atoms with E-state index in [9.17, 15) is 0 Å². The molecule has 0 unspecified atom stereocenters. The third-order valence-electron chi connectivity index (χ3n) is 1.34. The lowest BCUT2D eigenvalue weighted by molar-refractivity contribution is 1.61. The van der Waals surface area contributed by atoms with Crippen molar-refractivity contribution in [2.45, 2.75) is 0 Å². The Labute approximate surface area is 72.5 Å². The van der Waals surface area contributed by atoms with Crippen LogP contribution in [-0.2, 0) is 0 Å². The molecule has 0 saturated heterocycles. The van der Waals surface area contributed by atoms with Gasteiger partial charge in [0, 0.05) is 14.7 Å². The summed E-state index contributed by atoms with van der Waals surface area (Å²) in [7, 11) is 1.04. The molecule has 0 atom stereocenters. The summed E-state index contributed by atoms with van der Waals surface area (Å²) in [6.07, 6.45) is 0. The fourth-order valence-electron chi connectivity index (χ4n) is 0.734. The monoisotopic (exact) mass is 212 g/mol. The number of benzene rings is 1. The van der Waals surface area contributed by atoms with Gasteiger partial charge in [-0.15, -0.1) is 6.58 Å². The van der Waals surface area contributed by atoms with Gasteiger partial charge in [-0.2, -0.15) is 0 Å². The first-order chi connectivity index (χ1) is 4.70. The normalized spacial score (nSPS) is 9.70. The maximum Gasteiger partial charge on any atom is 0.0385 e. The van der Waals surface area contributed by atoms with Gasteiger partial charge in [0.25, 0.3) is 0 Å². The summed E-state index contributed by atoms with van der Waals surface area (Å²) in [6.45, 7) is 3.90. The van der Waals surface area contributed by atoms with E-state index < -0.39 is 0 Å². The van der Waals surface area contributed by atoms with Gasteiger partial charge in [0.15, 0.2) is 0 Å². The van der Waals surface area contributed by atoms with Gasteiger partial charge in [-0.05, 0) is 17.7 Å². The third-order valence-corrected chi connectivity index (χ3v) is 2.44. The van der Waals surface area contributed by atoms with E-state index in [1.807, 2.05) is 12.1 Å². The van der Waals surface area contributed by atoms with Crippen molar-refractivity contribution in [1.29, 1.82) is 0 Å². The van der Waals surface area contributed by atoms with Crippen LogP contribution in [0.3, 0.4) is 0 Å². The Kier molecular flexibility index (Phi) is 2.46. The molecule has 0 radical (unpaired) electrons. The van der Waals surface area contributed by atoms with E-state index in [0.717, 1.165) is 14.7 Å². The zero-order valence-electron chi connectivity index (χ0n) is 5.89. The van der Waals surface area contributed by atoms with Gasteiger partial charge < -0.3 is 0 Å². The second kappa shape index (κ2) is 3.17. The molecule has 0 aliphatic heterocycles. The van der Waals surface area contributed by atoms with Crippen LogP contribution in [-0.4, -0.2) is 10.2 Å². The van der Waals surface area contributed by atoms with E-state index in [0.29, 0.717) is 0 Å². The zero-order chi connectivity index (χ0) is 7.56. The molecule has 1 aromatic rings. The fraction of sp³-hybridized carbons (Fsp3) is 0. The lowest BCUT2D eigenvalue weighted by Gasteiger charge is -1.97. The Morgan fingerprint density at radius 3 is 2.20 bits per heavy atom. The summed E-state index contributed by atoms with van der Waals surface area (Å²) in [4.78, 5) is 0. The molecule has 0 heterocycles. The first-order valence-corrected chi connectivity index (χ1v) is 4.91.